The van der Waals surface area contributed by atoms with E-state index in [-0.39, 0.29) is 12.4 Å². The highest BCUT2D eigenvalue weighted by molar-refractivity contribution is 5.79. The fourth-order valence-corrected chi connectivity index (χ4v) is 2.63. The van der Waals surface area contributed by atoms with Crippen LogP contribution in [0, 0.1) is 6.92 Å². The molecule has 0 saturated carbocycles. The van der Waals surface area contributed by atoms with Gasteiger partial charge >= 0.3 is 6.18 Å². The summed E-state index contributed by atoms with van der Waals surface area (Å²) in [7, 11) is 1.58. The fraction of sp³-hybridized carbons (Fsp3) is 0.286. The number of nitrogens with one attached hydrogen (secondary N) is 2. The Balaban J connectivity index is 1.55. The smallest absolute Gasteiger partial charge is 0.422 e. The Kier molecular flexibility index (Phi) is 7.11. The van der Waals surface area contributed by atoms with Crippen LogP contribution < -0.4 is 15.4 Å². The lowest BCUT2D eigenvalue weighted by molar-refractivity contribution is -0.154. The number of nitrogens with zero attached hydrogens (tertiary/aromatic N) is 3. The van der Waals surface area contributed by atoms with E-state index in [1.54, 1.807) is 25.4 Å². The molecule has 0 atom stereocenters. The number of halogens is 3. The molecule has 0 spiro atoms. The van der Waals surface area contributed by atoms with Crippen LogP contribution in [0.4, 0.5) is 13.2 Å². The van der Waals surface area contributed by atoms with E-state index in [2.05, 4.69) is 25.6 Å². The Hall–Kier alpha value is -3.56. The number of alkyl halides is 3. The zero-order valence-corrected chi connectivity index (χ0v) is 17.0. The molecular formula is C21H22F3N5O2. The highest BCUT2D eigenvalue weighted by atomic mass is 19.4. The van der Waals surface area contributed by atoms with Gasteiger partial charge in [-0.15, -0.1) is 0 Å². The Labute approximate surface area is 177 Å². The minimum absolute atomic E-state index is 0.0815. The Bertz CT molecular complexity index is 1020. The van der Waals surface area contributed by atoms with Crippen molar-refractivity contribution in [2.75, 3.05) is 13.7 Å². The van der Waals surface area contributed by atoms with E-state index in [4.69, 9.17) is 9.15 Å². The summed E-state index contributed by atoms with van der Waals surface area (Å²) < 4.78 is 47.6. The van der Waals surface area contributed by atoms with Crippen LogP contribution in [-0.4, -0.2) is 35.8 Å². The zero-order chi connectivity index (χ0) is 22.3. The lowest BCUT2D eigenvalue weighted by Crippen LogP contribution is -2.36. The molecule has 0 aliphatic carbocycles. The van der Waals surface area contributed by atoms with Crippen LogP contribution in [0.15, 0.2) is 58.3 Å². The monoisotopic (exact) mass is 433 g/mol. The van der Waals surface area contributed by atoms with Gasteiger partial charge in [-0.05, 0) is 25.1 Å². The third-order valence-electron chi connectivity index (χ3n) is 4.18. The molecule has 3 aromatic rings. The summed E-state index contributed by atoms with van der Waals surface area (Å²) in [5.74, 6) is 0.870. The van der Waals surface area contributed by atoms with Gasteiger partial charge in [0.05, 0.1) is 12.2 Å². The quantitative estimate of drug-likeness (QED) is 0.435. The van der Waals surface area contributed by atoms with E-state index in [0.29, 0.717) is 29.7 Å². The number of guanidine groups is 1. The number of pyridine rings is 1. The van der Waals surface area contributed by atoms with Crippen molar-refractivity contribution in [1.29, 1.82) is 0 Å². The molecule has 0 aliphatic heterocycles. The predicted molar refractivity (Wildman–Crippen MR) is 110 cm³/mol. The van der Waals surface area contributed by atoms with Gasteiger partial charge in [-0.1, -0.05) is 23.8 Å². The van der Waals surface area contributed by atoms with E-state index >= 15 is 0 Å². The molecule has 2 N–H and O–H groups in total. The van der Waals surface area contributed by atoms with Crippen molar-refractivity contribution in [2.24, 2.45) is 4.99 Å². The molecule has 164 valence electrons. The van der Waals surface area contributed by atoms with Gasteiger partial charge in [0, 0.05) is 30.9 Å². The standard InChI is InChI=1S/C21H22F3N5O2/c1-14-5-7-15(8-6-14)19-29-17(12-30-19)11-28-20(25-2)27-10-16-4-3-9-26-18(16)31-13-21(22,23)24/h3-9,12H,10-11,13H2,1-2H3,(H2,25,27,28). The van der Waals surface area contributed by atoms with Crippen LogP contribution in [-0.2, 0) is 13.1 Å². The molecule has 0 aliphatic rings. The summed E-state index contributed by atoms with van der Waals surface area (Å²) in [5, 5.41) is 6.10. The molecule has 2 aromatic heterocycles. The lowest BCUT2D eigenvalue weighted by Gasteiger charge is -2.14. The molecule has 31 heavy (non-hydrogen) atoms. The van der Waals surface area contributed by atoms with Crippen molar-refractivity contribution in [2.45, 2.75) is 26.2 Å². The number of rotatable bonds is 7. The number of benzene rings is 1. The normalized spacial score (nSPS) is 12.0. The average Bonchev–Trinajstić information content (AvgIpc) is 3.22. The van der Waals surface area contributed by atoms with E-state index in [1.165, 1.54) is 6.20 Å². The summed E-state index contributed by atoms with van der Waals surface area (Å²) >= 11 is 0. The van der Waals surface area contributed by atoms with Gasteiger partial charge in [0.25, 0.3) is 0 Å². The molecule has 3 rings (SSSR count). The second kappa shape index (κ2) is 9.96. The van der Waals surface area contributed by atoms with Crippen molar-refractivity contribution in [3.63, 3.8) is 0 Å². The number of hydrogen-bond acceptors (Lipinski definition) is 5. The molecule has 10 heteroatoms. The number of aromatic nitrogens is 2. The number of aryl methyl sites for hydroxylation is 1. The highest BCUT2D eigenvalue weighted by Crippen LogP contribution is 2.20. The van der Waals surface area contributed by atoms with Gasteiger partial charge in [0.2, 0.25) is 11.8 Å². The number of aliphatic imine (C=N–C) groups is 1. The summed E-state index contributed by atoms with van der Waals surface area (Å²) in [6.45, 7) is 1.12. The maximum absolute atomic E-state index is 12.4. The first kappa shape index (κ1) is 22.1. The number of oxazole rings is 1. The van der Waals surface area contributed by atoms with Gasteiger partial charge in [-0.25, -0.2) is 9.97 Å². The fourth-order valence-electron chi connectivity index (χ4n) is 2.63. The van der Waals surface area contributed by atoms with Crippen molar-refractivity contribution < 1.29 is 22.3 Å². The first-order valence-corrected chi connectivity index (χ1v) is 9.43. The third-order valence-corrected chi connectivity index (χ3v) is 4.18. The summed E-state index contributed by atoms with van der Waals surface area (Å²) in [6.07, 6.45) is -1.51. The first-order valence-electron chi connectivity index (χ1n) is 9.43. The van der Waals surface area contributed by atoms with Gasteiger partial charge < -0.3 is 19.8 Å². The zero-order valence-electron chi connectivity index (χ0n) is 17.0. The van der Waals surface area contributed by atoms with Gasteiger partial charge in [0.15, 0.2) is 12.6 Å². The van der Waals surface area contributed by atoms with Crippen LogP contribution in [0.25, 0.3) is 11.5 Å². The first-order chi connectivity index (χ1) is 14.8. The summed E-state index contributed by atoms with van der Waals surface area (Å²) in [5.41, 5.74) is 3.17. The molecule has 0 amide bonds. The molecule has 0 unspecified atom stereocenters. The Morgan fingerprint density at radius 1 is 1.13 bits per heavy atom. The second-order valence-electron chi connectivity index (χ2n) is 6.66. The van der Waals surface area contributed by atoms with Crippen LogP contribution in [0.3, 0.4) is 0 Å². The SMILES string of the molecule is CN=C(NCc1coc(-c2ccc(C)cc2)n1)NCc1cccnc1OCC(F)(F)F. The van der Waals surface area contributed by atoms with Gasteiger partial charge in [0.1, 0.15) is 6.26 Å². The summed E-state index contributed by atoms with van der Waals surface area (Å²) in [6, 6.07) is 11.1. The lowest BCUT2D eigenvalue weighted by atomic mass is 10.1. The number of ether oxygens (including phenoxy) is 1. The second-order valence-corrected chi connectivity index (χ2v) is 6.66. The minimum Gasteiger partial charge on any atom is -0.468 e. The van der Waals surface area contributed by atoms with E-state index in [1.807, 2.05) is 31.2 Å². The molecule has 1 aromatic carbocycles. The van der Waals surface area contributed by atoms with Crippen molar-refractivity contribution in [1.82, 2.24) is 20.6 Å². The number of hydrogen-bond donors (Lipinski definition) is 2. The molecule has 2 heterocycles. The third kappa shape index (κ3) is 6.73. The maximum Gasteiger partial charge on any atom is 0.422 e. The van der Waals surface area contributed by atoms with Gasteiger partial charge in [-0.2, -0.15) is 13.2 Å². The average molecular weight is 433 g/mol. The Morgan fingerprint density at radius 3 is 2.58 bits per heavy atom. The van der Waals surface area contributed by atoms with Crippen LogP contribution in [0.2, 0.25) is 0 Å². The molecule has 0 radical (unpaired) electrons. The van der Waals surface area contributed by atoms with E-state index in [9.17, 15) is 13.2 Å². The van der Waals surface area contributed by atoms with Crippen molar-refractivity contribution in [3.8, 4) is 17.3 Å². The minimum atomic E-state index is -4.44. The van der Waals surface area contributed by atoms with Crippen molar-refractivity contribution in [3.05, 3.63) is 65.7 Å². The van der Waals surface area contributed by atoms with Crippen LogP contribution in [0.1, 0.15) is 16.8 Å². The summed E-state index contributed by atoms with van der Waals surface area (Å²) in [4.78, 5) is 12.4. The van der Waals surface area contributed by atoms with Gasteiger partial charge in [-0.3, -0.25) is 4.99 Å². The van der Waals surface area contributed by atoms with E-state index in [0.717, 1.165) is 11.1 Å². The highest BCUT2D eigenvalue weighted by Gasteiger charge is 2.29. The molecule has 0 fully saturated rings. The predicted octanol–water partition coefficient (Wildman–Crippen LogP) is 3.85. The molecule has 0 bridgehead atoms. The molecule has 7 nitrogen and oxygen atoms in total. The topological polar surface area (TPSA) is 84.6 Å². The van der Waals surface area contributed by atoms with Crippen LogP contribution in [0.5, 0.6) is 5.88 Å². The molecule has 0 saturated heterocycles. The van der Waals surface area contributed by atoms with Crippen molar-refractivity contribution >= 4 is 5.96 Å². The molecular weight excluding hydrogens is 411 g/mol. The largest absolute Gasteiger partial charge is 0.468 e. The Morgan fingerprint density at radius 2 is 1.87 bits per heavy atom. The van der Waals surface area contributed by atoms with E-state index < -0.39 is 12.8 Å². The van der Waals surface area contributed by atoms with Crippen LogP contribution >= 0.6 is 0 Å². The maximum atomic E-state index is 12.4.